The standard InChI is InChI=1S/C22H14N2S5/c23-21-13(15-7-9-19(28-15)17-3-1-11-26-17)5-6-14(22(21)24-25)16-8-10-20(29-16)18-4-2-12-27-18/h1-12H,23H2. The van der Waals surface area contributed by atoms with Crippen LogP contribution >= 0.6 is 45.3 Å². The molecule has 0 aliphatic carbocycles. The maximum Gasteiger partial charge on any atom is 0.109 e. The van der Waals surface area contributed by atoms with Crippen molar-refractivity contribution >= 4 is 69.1 Å². The minimum absolute atomic E-state index is 0.642. The highest BCUT2D eigenvalue weighted by molar-refractivity contribution is 7.47. The summed E-state index contributed by atoms with van der Waals surface area (Å²) in [6, 6.07) is 21.1. The number of hydrogen-bond acceptors (Lipinski definition) is 7. The molecule has 0 atom stereocenters. The summed E-state index contributed by atoms with van der Waals surface area (Å²) in [4.78, 5) is 7.27. The molecule has 0 aliphatic rings. The normalized spacial score (nSPS) is 11.0. The van der Waals surface area contributed by atoms with E-state index in [1.165, 1.54) is 19.5 Å². The molecule has 0 saturated heterocycles. The minimum Gasteiger partial charge on any atom is -0.396 e. The number of nitrogens with zero attached hydrogens (tertiary/aromatic N) is 1. The molecule has 7 heteroatoms. The van der Waals surface area contributed by atoms with Gasteiger partial charge in [-0.1, -0.05) is 24.3 Å². The number of nitrogen functional groups attached to an aromatic ring is 1. The summed E-state index contributed by atoms with van der Waals surface area (Å²) in [7, 11) is 0. The molecule has 4 aromatic heterocycles. The number of rotatable bonds is 5. The van der Waals surface area contributed by atoms with Crippen LogP contribution in [0.3, 0.4) is 0 Å². The van der Waals surface area contributed by atoms with E-state index in [1.54, 1.807) is 45.3 Å². The van der Waals surface area contributed by atoms with E-state index in [0.717, 1.165) is 20.9 Å². The zero-order chi connectivity index (χ0) is 19.8. The largest absolute Gasteiger partial charge is 0.396 e. The van der Waals surface area contributed by atoms with Crippen LogP contribution in [-0.4, -0.2) is 0 Å². The van der Waals surface area contributed by atoms with Crippen molar-refractivity contribution in [1.82, 2.24) is 0 Å². The van der Waals surface area contributed by atoms with E-state index < -0.39 is 0 Å². The van der Waals surface area contributed by atoms with E-state index in [0.29, 0.717) is 11.4 Å². The Labute approximate surface area is 190 Å². The number of nitrogens with two attached hydrogens (primary N) is 1. The molecule has 0 fully saturated rings. The van der Waals surface area contributed by atoms with Gasteiger partial charge < -0.3 is 5.73 Å². The van der Waals surface area contributed by atoms with Crippen molar-refractivity contribution in [2.75, 3.05) is 5.73 Å². The van der Waals surface area contributed by atoms with E-state index in [1.807, 2.05) is 0 Å². The van der Waals surface area contributed by atoms with Gasteiger partial charge in [-0.2, -0.15) is 4.36 Å². The third-order valence-corrected chi connectivity index (χ3v) is 9.13. The van der Waals surface area contributed by atoms with Gasteiger partial charge in [0.25, 0.3) is 0 Å². The van der Waals surface area contributed by atoms with E-state index in [-0.39, 0.29) is 0 Å². The third kappa shape index (κ3) is 3.49. The third-order valence-electron chi connectivity index (χ3n) is 4.58. The lowest BCUT2D eigenvalue weighted by molar-refractivity contribution is 1.56. The molecule has 0 amide bonds. The van der Waals surface area contributed by atoms with E-state index in [2.05, 4.69) is 75.8 Å². The molecule has 0 spiro atoms. The summed E-state index contributed by atoms with van der Waals surface area (Å²) < 4.78 is 4.14. The van der Waals surface area contributed by atoms with Gasteiger partial charge >= 0.3 is 0 Å². The summed E-state index contributed by atoms with van der Waals surface area (Å²) in [5, 5.41) is 4.19. The average molecular weight is 467 g/mol. The maximum absolute atomic E-state index is 6.55. The van der Waals surface area contributed by atoms with Crippen LogP contribution in [0.1, 0.15) is 0 Å². The Morgan fingerprint density at radius 1 is 0.621 bits per heavy atom. The first kappa shape index (κ1) is 18.8. The highest BCUT2D eigenvalue weighted by Gasteiger charge is 2.17. The molecular weight excluding hydrogens is 453 g/mol. The highest BCUT2D eigenvalue weighted by Crippen LogP contribution is 2.47. The highest BCUT2D eigenvalue weighted by atomic mass is 32.1. The fourth-order valence-corrected chi connectivity index (χ4v) is 7.13. The Bertz CT molecular complexity index is 1280. The van der Waals surface area contributed by atoms with Gasteiger partial charge in [-0.25, -0.2) is 0 Å². The second-order valence-corrected chi connectivity index (χ2v) is 10.5. The Hall–Kier alpha value is -2.16. The lowest BCUT2D eigenvalue weighted by Gasteiger charge is -2.10. The molecule has 2 nitrogen and oxygen atoms in total. The second kappa shape index (κ2) is 7.93. The fraction of sp³-hybridized carbons (Fsp3) is 0. The Morgan fingerprint density at radius 2 is 1.14 bits per heavy atom. The number of anilines is 1. The van der Waals surface area contributed by atoms with Gasteiger partial charge in [0.05, 0.1) is 5.69 Å². The second-order valence-electron chi connectivity index (χ2n) is 6.30. The summed E-state index contributed by atoms with van der Waals surface area (Å²) >= 11 is 12.1. The van der Waals surface area contributed by atoms with Gasteiger partial charge in [0.2, 0.25) is 0 Å². The predicted molar refractivity (Wildman–Crippen MR) is 134 cm³/mol. The molecule has 0 saturated carbocycles. The minimum atomic E-state index is 0.642. The predicted octanol–water partition coefficient (Wildman–Crippen LogP) is 8.54. The van der Waals surface area contributed by atoms with E-state index in [9.17, 15) is 0 Å². The van der Waals surface area contributed by atoms with Crippen LogP contribution < -0.4 is 5.73 Å². The number of hydrogen-bond donors (Lipinski definition) is 1. The van der Waals surface area contributed by atoms with Gasteiger partial charge in [-0.3, -0.25) is 0 Å². The SMILES string of the molecule is Nc1c(-c2ccc(-c3cccs3)s2)ccc(-c2ccc(-c3cccs3)s2)c1N=S. The number of thiophene rings is 4. The van der Waals surface area contributed by atoms with Crippen LogP contribution in [0.2, 0.25) is 0 Å². The van der Waals surface area contributed by atoms with Crippen molar-refractivity contribution in [3.8, 4) is 40.4 Å². The summed E-state index contributed by atoms with van der Waals surface area (Å²) in [5.41, 5.74) is 9.85. The fourth-order valence-electron chi connectivity index (χ4n) is 3.19. The first-order chi connectivity index (χ1) is 14.2. The van der Waals surface area contributed by atoms with E-state index >= 15 is 0 Å². The average Bonchev–Trinajstić information content (AvgIpc) is 3.54. The van der Waals surface area contributed by atoms with Crippen molar-refractivity contribution in [2.45, 2.75) is 0 Å². The molecule has 0 unspecified atom stereocenters. The van der Waals surface area contributed by atoms with Crippen molar-refractivity contribution in [1.29, 1.82) is 0 Å². The van der Waals surface area contributed by atoms with Gasteiger partial charge in [-0.15, -0.1) is 45.3 Å². The molecule has 2 N–H and O–H groups in total. The zero-order valence-corrected chi connectivity index (χ0v) is 19.1. The topological polar surface area (TPSA) is 38.4 Å². The van der Waals surface area contributed by atoms with Crippen molar-refractivity contribution in [2.24, 2.45) is 4.36 Å². The van der Waals surface area contributed by atoms with Crippen LogP contribution in [0.5, 0.6) is 0 Å². The molecule has 4 heterocycles. The lowest BCUT2D eigenvalue weighted by Crippen LogP contribution is -1.91. The van der Waals surface area contributed by atoms with Gasteiger partial charge in [0.1, 0.15) is 5.69 Å². The zero-order valence-electron chi connectivity index (χ0n) is 15.0. The molecule has 29 heavy (non-hydrogen) atoms. The van der Waals surface area contributed by atoms with Gasteiger partial charge in [0, 0.05) is 52.8 Å². The Morgan fingerprint density at radius 3 is 1.66 bits per heavy atom. The summed E-state index contributed by atoms with van der Waals surface area (Å²) in [6.07, 6.45) is 0. The summed E-state index contributed by atoms with van der Waals surface area (Å²) in [6.45, 7) is 0. The van der Waals surface area contributed by atoms with Crippen molar-refractivity contribution in [3.05, 3.63) is 71.4 Å². The number of benzene rings is 1. The van der Waals surface area contributed by atoms with Crippen LogP contribution in [0, 0.1) is 0 Å². The summed E-state index contributed by atoms with van der Waals surface area (Å²) in [5.74, 6) is 0. The van der Waals surface area contributed by atoms with Crippen molar-refractivity contribution < 1.29 is 0 Å². The molecular formula is C22H14N2S5. The molecule has 5 aromatic rings. The lowest BCUT2D eigenvalue weighted by atomic mass is 10.0. The van der Waals surface area contributed by atoms with Crippen LogP contribution in [-0.2, 0) is 12.4 Å². The first-order valence-corrected chi connectivity index (χ1v) is 12.5. The maximum atomic E-state index is 6.55. The Balaban J connectivity index is 1.55. The smallest absolute Gasteiger partial charge is 0.109 e. The van der Waals surface area contributed by atoms with E-state index in [4.69, 9.17) is 18.2 Å². The first-order valence-electron chi connectivity index (χ1n) is 8.78. The Kier molecular flexibility index (Phi) is 5.15. The molecule has 0 radical (unpaired) electrons. The molecule has 142 valence electrons. The monoisotopic (exact) mass is 466 g/mol. The van der Waals surface area contributed by atoms with Crippen LogP contribution in [0.25, 0.3) is 40.4 Å². The van der Waals surface area contributed by atoms with Crippen LogP contribution in [0.4, 0.5) is 11.4 Å². The quantitative estimate of drug-likeness (QED) is 0.263. The van der Waals surface area contributed by atoms with Crippen molar-refractivity contribution in [3.63, 3.8) is 0 Å². The molecule has 5 rings (SSSR count). The van der Waals surface area contributed by atoms with Gasteiger partial charge in [0.15, 0.2) is 0 Å². The molecule has 0 aliphatic heterocycles. The van der Waals surface area contributed by atoms with Crippen LogP contribution in [0.15, 0.2) is 75.8 Å². The van der Waals surface area contributed by atoms with Gasteiger partial charge in [-0.05, 0) is 47.2 Å². The molecule has 0 bridgehead atoms. The molecule has 1 aromatic carbocycles.